The van der Waals surface area contributed by atoms with Gasteiger partial charge < -0.3 is 9.47 Å². The molecule has 2 aromatic carbocycles. The summed E-state index contributed by atoms with van der Waals surface area (Å²) in [7, 11) is 0. The van der Waals surface area contributed by atoms with Gasteiger partial charge in [-0.15, -0.1) is 0 Å². The summed E-state index contributed by atoms with van der Waals surface area (Å²) in [4.78, 5) is 0. The summed E-state index contributed by atoms with van der Waals surface area (Å²) in [5.41, 5.74) is -0.0981. The van der Waals surface area contributed by atoms with E-state index in [1.807, 2.05) is 6.92 Å². The van der Waals surface area contributed by atoms with Crippen molar-refractivity contribution in [2.45, 2.75) is 6.92 Å². The van der Waals surface area contributed by atoms with Crippen LogP contribution in [0.4, 0.5) is 8.78 Å². The molecule has 102 valence electrons. The number of nitriles is 1. The molecule has 0 radical (unpaired) electrons. The molecule has 0 aliphatic carbocycles. The van der Waals surface area contributed by atoms with E-state index in [-0.39, 0.29) is 11.3 Å². The number of hydrogen-bond acceptors (Lipinski definition) is 3. The summed E-state index contributed by atoms with van der Waals surface area (Å²) in [5.74, 6) is -1.46. The molecule has 0 amide bonds. The van der Waals surface area contributed by atoms with Crippen molar-refractivity contribution in [3.8, 4) is 23.3 Å². The lowest BCUT2D eigenvalue weighted by atomic mass is 10.2. The van der Waals surface area contributed by atoms with E-state index in [9.17, 15) is 8.78 Å². The van der Waals surface area contributed by atoms with Gasteiger partial charge in [-0.25, -0.2) is 8.78 Å². The Morgan fingerprint density at radius 2 is 1.60 bits per heavy atom. The molecule has 0 atom stereocenters. The van der Waals surface area contributed by atoms with E-state index in [1.165, 1.54) is 0 Å². The van der Waals surface area contributed by atoms with Crippen LogP contribution < -0.4 is 9.47 Å². The van der Waals surface area contributed by atoms with Crippen molar-refractivity contribution in [1.82, 2.24) is 0 Å². The first kappa shape index (κ1) is 13.8. The average Bonchev–Trinajstić information content (AvgIpc) is 2.44. The summed E-state index contributed by atoms with van der Waals surface area (Å²) >= 11 is 0. The summed E-state index contributed by atoms with van der Waals surface area (Å²) in [6.07, 6.45) is 0. The minimum Gasteiger partial charge on any atom is -0.494 e. The van der Waals surface area contributed by atoms with Crippen LogP contribution in [0.3, 0.4) is 0 Å². The highest BCUT2D eigenvalue weighted by atomic mass is 19.1. The van der Waals surface area contributed by atoms with Crippen molar-refractivity contribution in [2.24, 2.45) is 0 Å². The first-order chi connectivity index (χ1) is 9.63. The molecular formula is C15H11F2NO2. The minimum absolute atomic E-state index is 0.0981. The fraction of sp³-hybridized carbons (Fsp3) is 0.133. The number of benzene rings is 2. The van der Waals surface area contributed by atoms with Crippen LogP contribution in [0.2, 0.25) is 0 Å². The lowest BCUT2D eigenvalue weighted by Gasteiger charge is -2.09. The van der Waals surface area contributed by atoms with Gasteiger partial charge in [0.05, 0.1) is 18.2 Å². The van der Waals surface area contributed by atoms with E-state index in [2.05, 4.69) is 0 Å². The molecule has 20 heavy (non-hydrogen) atoms. The van der Waals surface area contributed by atoms with Gasteiger partial charge in [-0.05, 0) is 43.3 Å². The van der Waals surface area contributed by atoms with Crippen molar-refractivity contribution in [1.29, 1.82) is 5.26 Å². The highest BCUT2D eigenvalue weighted by Gasteiger charge is 2.13. The molecule has 5 heteroatoms. The van der Waals surface area contributed by atoms with E-state index >= 15 is 0 Å². The van der Waals surface area contributed by atoms with Crippen LogP contribution in [0, 0.1) is 23.0 Å². The maximum absolute atomic E-state index is 13.6. The van der Waals surface area contributed by atoms with Crippen molar-refractivity contribution >= 4 is 0 Å². The van der Waals surface area contributed by atoms with Crippen LogP contribution in [0.25, 0.3) is 0 Å². The Morgan fingerprint density at radius 3 is 2.10 bits per heavy atom. The number of nitrogens with zero attached hydrogens (tertiary/aromatic N) is 1. The molecular weight excluding hydrogens is 264 g/mol. The van der Waals surface area contributed by atoms with E-state index in [0.717, 1.165) is 12.1 Å². The van der Waals surface area contributed by atoms with E-state index in [4.69, 9.17) is 14.7 Å². The molecule has 2 aromatic rings. The van der Waals surface area contributed by atoms with Crippen molar-refractivity contribution in [3.05, 3.63) is 53.6 Å². The molecule has 0 fully saturated rings. The first-order valence-electron chi connectivity index (χ1n) is 5.94. The number of hydrogen-bond donors (Lipinski definition) is 0. The third-order valence-corrected chi connectivity index (χ3v) is 2.48. The zero-order valence-corrected chi connectivity index (χ0v) is 10.7. The molecule has 0 aliphatic rings. The molecule has 3 nitrogen and oxygen atoms in total. The fourth-order valence-electron chi connectivity index (χ4n) is 1.61. The van der Waals surface area contributed by atoms with E-state index in [0.29, 0.717) is 12.4 Å². The smallest absolute Gasteiger partial charge is 0.198 e. The summed E-state index contributed by atoms with van der Waals surface area (Å²) in [6, 6.07) is 9.88. The van der Waals surface area contributed by atoms with Gasteiger partial charge in [0.1, 0.15) is 11.5 Å². The van der Waals surface area contributed by atoms with Gasteiger partial charge >= 0.3 is 0 Å². The van der Waals surface area contributed by atoms with Gasteiger partial charge in [0.25, 0.3) is 0 Å². The maximum atomic E-state index is 13.6. The van der Waals surface area contributed by atoms with Crippen LogP contribution in [-0.2, 0) is 0 Å². The SMILES string of the molecule is CCOc1ccc(Oc2c(F)cc(C#N)cc2F)cc1. The lowest BCUT2D eigenvalue weighted by molar-refractivity contribution is 0.339. The third-order valence-electron chi connectivity index (χ3n) is 2.48. The van der Waals surface area contributed by atoms with Gasteiger partial charge in [-0.2, -0.15) is 5.26 Å². The Hall–Kier alpha value is -2.61. The second-order valence-electron chi connectivity index (χ2n) is 3.89. The molecule has 0 spiro atoms. The fourth-order valence-corrected chi connectivity index (χ4v) is 1.61. The Labute approximate surface area is 115 Å². The van der Waals surface area contributed by atoms with Crippen LogP contribution >= 0.6 is 0 Å². The van der Waals surface area contributed by atoms with Gasteiger partial charge in [0.2, 0.25) is 0 Å². The number of ether oxygens (including phenoxy) is 2. The zero-order valence-electron chi connectivity index (χ0n) is 10.7. The zero-order chi connectivity index (χ0) is 14.5. The Balaban J connectivity index is 2.24. The summed E-state index contributed by atoms with van der Waals surface area (Å²) < 4.78 is 37.7. The van der Waals surface area contributed by atoms with E-state index < -0.39 is 17.4 Å². The molecule has 0 bridgehead atoms. The highest BCUT2D eigenvalue weighted by Crippen LogP contribution is 2.29. The lowest BCUT2D eigenvalue weighted by Crippen LogP contribution is -1.95. The highest BCUT2D eigenvalue weighted by molar-refractivity contribution is 5.41. The van der Waals surface area contributed by atoms with Crippen molar-refractivity contribution in [2.75, 3.05) is 6.61 Å². The first-order valence-corrected chi connectivity index (χ1v) is 5.94. The Bertz CT molecular complexity index is 625. The van der Waals surface area contributed by atoms with Gasteiger partial charge in [-0.3, -0.25) is 0 Å². The molecule has 0 heterocycles. The monoisotopic (exact) mass is 275 g/mol. The number of halogens is 2. The quantitative estimate of drug-likeness (QED) is 0.846. The third kappa shape index (κ3) is 3.04. The molecule has 0 saturated heterocycles. The van der Waals surface area contributed by atoms with Crippen LogP contribution in [0.1, 0.15) is 12.5 Å². The second kappa shape index (κ2) is 6.02. The topological polar surface area (TPSA) is 42.2 Å². The molecule has 0 saturated carbocycles. The molecule has 0 aliphatic heterocycles. The number of rotatable bonds is 4. The Morgan fingerprint density at radius 1 is 1.05 bits per heavy atom. The molecule has 0 unspecified atom stereocenters. The van der Waals surface area contributed by atoms with Gasteiger partial charge in [-0.1, -0.05) is 0 Å². The van der Waals surface area contributed by atoms with Crippen molar-refractivity contribution in [3.63, 3.8) is 0 Å². The summed E-state index contributed by atoms with van der Waals surface area (Å²) in [6.45, 7) is 2.38. The van der Waals surface area contributed by atoms with Crippen LogP contribution in [0.5, 0.6) is 17.2 Å². The van der Waals surface area contributed by atoms with Gasteiger partial charge in [0.15, 0.2) is 17.4 Å². The largest absolute Gasteiger partial charge is 0.494 e. The predicted octanol–water partition coefficient (Wildman–Crippen LogP) is 4.03. The van der Waals surface area contributed by atoms with Crippen LogP contribution in [-0.4, -0.2) is 6.61 Å². The van der Waals surface area contributed by atoms with Crippen molar-refractivity contribution < 1.29 is 18.3 Å². The molecule has 2 rings (SSSR count). The van der Waals surface area contributed by atoms with E-state index in [1.54, 1.807) is 30.3 Å². The molecule has 0 N–H and O–H groups in total. The minimum atomic E-state index is -0.921. The maximum Gasteiger partial charge on any atom is 0.198 e. The van der Waals surface area contributed by atoms with Gasteiger partial charge in [0, 0.05) is 0 Å². The second-order valence-corrected chi connectivity index (χ2v) is 3.89. The predicted molar refractivity (Wildman–Crippen MR) is 68.8 cm³/mol. The van der Waals surface area contributed by atoms with Crippen LogP contribution in [0.15, 0.2) is 36.4 Å². The normalized spacial score (nSPS) is 9.90. The average molecular weight is 275 g/mol. The molecule has 0 aromatic heterocycles. The standard InChI is InChI=1S/C15H11F2NO2/c1-2-19-11-3-5-12(6-4-11)20-15-13(16)7-10(9-18)8-14(15)17/h3-8H,2H2,1H3. The Kier molecular flexibility index (Phi) is 4.16. The summed E-state index contributed by atoms with van der Waals surface area (Å²) in [5, 5.41) is 8.61.